The van der Waals surface area contributed by atoms with E-state index in [0.717, 1.165) is 16.7 Å². The van der Waals surface area contributed by atoms with Crippen molar-refractivity contribution in [1.29, 1.82) is 0 Å². The summed E-state index contributed by atoms with van der Waals surface area (Å²) < 4.78 is 0. The van der Waals surface area contributed by atoms with Crippen LogP contribution in [0.5, 0.6) is 0 Å². The van der Waals surface area contributed by atoms with E-state index < -0.39 is 0 Å². The van der Waals surface area contributed by atoms with E-state index in [4.69, 9.17) is 11.6 Å². The predicted molar refractivity (Wildman–Crippen MR) is 77.9 cm³/mol. The van der Waals surface area contributed by atoms with Gasteiger partial charge in [-0.2, -0.15) is 0 Å². The van der Waals surface area contributed by atoms with E-state index in [1.807, 2.05) is 39.0 Å². The summed E-state index contributed by atoms with van der Waals surface area (Å²) in [7, 11) is 0. The first-order valence-electron chi connectivity index (χ1n) is 5.98. The van der Waals surface area contributed by atoms with Gasteiger partial charge in [-0.25, -0.2) is 4.98 Å². The fraction of sp³-hybridized carbons (Fsp3) is 0.200. The van der Waals surface area contributed by atoms with Gasteiger partial charge in [-0.05, 0) is 44.0 Å². The third kappa shape index (κ3) is 3.12. The van der Waals surface area contributed by atoms with Crippen LogP contribution in [0.3, 0.4) is 0 Å². The molecule has 0 aliphatic carbocycles. The first-order valence-corrected chi connectivity index (χ1v) is 6.36. The van der Waals surface area contributed by atoms with Gasteiger partial charge in [-0.3, -0.25) is 4.79 Å². The Morgan fingerprint density at radius 1 is 1.16 bits per heavy atom. The zero-order valence-electron chi connectivity index (χ0n) is 11.1. The quantitative estimate of drug-likeness (QED) is 0.844. The van der Waals surface area contributed by atoms with E-state index in [1.54, 1.807) is 12.3 Å². The van der Waals surface area contributed by atoms with Gasteiger partial charge in [0.1, 0.15) is 5.15 Å². The number of aromatic nitrogens is 1. The van der Waals surface area contributed by atoms with E-state index in [9.17, 15) is 4.79 Å². The molecule has 0 bridgehead atoms. The number of hydrogen-bond donors (Lipinski definition) is 1. The van der Waals surface area contributed by atoms with Crippen molar-refractivity contribution in [1.82, 2.24) is 4.98 Å². The van der Waals surface area contributed by atoms with Crippen molar-refractivity contribution < 1.29 is 4.79 Å². The minimum atomic E-state index is -0.138. The van der Waals surface area contributed by atoms with Gasteiger partial charge in [-0.15, -0.1) is 0 Å². The molecule has 1 aromatic heterocycles. The zero-order valence-corrected chi connectivity index (χ0v) is 11.9. The SMILES string of the molecule is Cc1ccc(C(=O)Nc2cnc(Cl)c(C)c2)c(C)c1. The first-order chi connectivity index (χ1) is 8.97. The normalized spacial score (nSPS) is 10.3. The molecule has 1 aromatic carbocycles. The largest absolute Gasteiger partial charge is 0.321 e. The summed E-state index contributed by atoms with van der Waals surface area (Å²) in [5.41, 5.74) is 4.24. The number of carbonyl (C=O) groups is 1. The molecule has 1 amide bonds. The molecule has 19 heavy (non-hydrogen) atoms. The summed E-state index contributed by atoms with van der Waals surface area (Å²) in [6, 6.07) is 7.54. The average molecular weight is 275 g/mol. The molecule has 0 atom stereocenters. The molecule has 0 radical (unpaired) electrons. The molecule has 1 heterocycles. The summed E-state index contributed by atoms with van der Waals surface area (Å²) in [6.07, 6.45) is 1.55. The average Bonchev–Trinajstić information content (AvgIpc) is 2.33. The molecule has 0 saturated heterocycles. The second-order valence-corrected chi connectivity index (χ2v) is 4.96. The molecule has 0 fully saturated rings. The van der Waals surface area contributed by atoms with Gasteiger partial charge in [0, 0.05) is 5.56 Å². The Bertz CT molecular complexity index is 638. The second kappa shape index (κ2) is 5.41. The molecule has 4 heteroatoms. The van der Waals surface area contributed by atoms with Crippen LogP contribution in [0.4, 0.5) is 5.69 Å². The summed E-state index contributed by atoms with van der Waals surface area (Å²) in [5.74, 6) is -0.138. The summed E-state index contributed by atoms with van der Waals surface area (Å²) >= 11 is 5.85. The van der Waals surface area contributed by atoms with Crippen molar-refractivity contribution in [3.05, 3.63) is 57.9 Å². The number of nitrogens with zero attached hydrogens (tertiary/aromatic N) is 1. The highest BCUT2D eigenvalue weighted by molar-refractivity contribution is 6.30. The molecule has 2 rings (SSSR count). The van der Waals surface area contributed by atoms with Crippen LogP contribution in [-0.2, 0) is 0 Å². The van der Waals surface area contributed by atoms with Crippen LogP contribution in [0.25, 0.3) is 0 Å². The Hall–Kier alpha value is -1.87. The Balaban J connectivity index is 2.23. The molecule has 2 aromatic rings. The number of pyridine rings is 1. The molecular formula is C15H15ClN2O. The van der Waals surface area contributed by atoms with Gasteiger partial charge < -0.3 is 5.32 Å². The maximum atomic E-state index is 12.2. The van der Waals surface area contributed by atoms with Crippen LogP contribution >= 0.6 is 11.6 Å². The number of halogens is 1. The van der Waals surface area contributed by atoms with Gasteiger partial charge in [0.25, 0.3) is 5.91 Å². The van der Waals surface area contributed by atoms with E-state index in [-0.39, 0.29) is 5.91 Å². The lowest BCUT2D eigenvalue weighted by molar-refractivity contribution is 0.102. The molecule has 0 aliphatic rings. The van der Waals surface area contributed by atoms with E-state index in [0.29, 0.717) is 16.4 Å². The van der Waals surface area contributed by atoms with Gasteiger partial charge in [0.15, 0.2) is 0 Å². The fourth-order valence-electron chi connectivity index (χ4n) is 1.89. The molecular weight excluding hydrogens is 260 g/mol. The van der Waals surface area contributed by atoms with Crippen molar-refractivity contribution >= 4 is 23.2 Å². The van der Waals surface area contributed by atoms with Gasteiger partial charge in [0.05, 0.1) is 11.9 Å². The summed E-state index contributed by atoms with van der Waals surface area (Å²) in [5, 5.41) is 3.28. The smallest absolute Gasteiger partial charge is 0.255 e. The Kier molecular flexibility index (Phi) is 3.86. The highest BCUT2D eigenvalue weighted by Crippen LogP contribution is 2.18. The number of benzene rings is 1. The molecule has 1 N–H and O–H groups in total. The number of amides is 1. The molecule has 0 spiro atoms. The lowest BCUT2D eigenvalue weighted by Crippen LogP contribution is -2.13. The van der Waals surface area contributed by atoms with Crippen molar-refractivity contribution in [2.75, 3.05) is 5.32 Å². The predicted octanol–water partition coefficient (Wildman–Crippen LogP) is 3.91. The molecule has 98 valence electrons. The van der Waals surface area contributed by atoms with Crippen LogP contribution < -0.4 is 5.32 Å². The monoisotopic (exact) mass is 274 g/mol. The maximum Gasteiger partial charge on any atom is 0.255 e. The lowest BCUT2D eigenvalue weighted by atomic mass is 10.1. The second-order valence-electron chi connectivity index (χ2n) is 4.60. The highest BCUT2D eigenvalue weighted by atomic mass is 35.5. The standard InChI is InChI=1S/C15H15ClN2O/c1-9-4-5-13(10(2)6-9)15(19)18-12-7-11(3)14(16)17-8-12/h4-8H,1-3H3,(H,18,19). The Morgan fingerprint density at radius 3 is 2.53 bits per heavy atom. The van der Waals surface area contributed by atoms with E-state index in [2.05, 4.69) is 10.3 Å². The topological polar surface area (TPSA) is 42.0 Å². The summed E-state index contributed by atoms with van der Waals surface area (Å²) in [4.78, 5) is 16.2. The number of nitrogens with one attached hydrogen (secondary N) is 1. The molecule has 0 saturated carbocycles. The van der Waals surface area contributed by atoms with Crippen LogP contribution in [0.2, 0.25) is 5.15 Å². The minimum absolute atomic E-state index is 0.138. The van der Waals surface area contributed by atoms with Crippen LogP contribution in [0.1, 0.15) is 27.0 Å². The lowest BCUT2D eigenvalue weighted by Gasteiger charge is -2.09. The van der Waals surface area contributed by atoms with Crippen molar-refractivity contribution in [2.24, 2.45) is 0 Å². The Morgan fingerprint density at radius 2 is 1.89 bits per heavy atom. The Labute approximate surface area is 117 Å². The van der Waals surface area contributed by atoms with Crippen LogP contribution in [0, 0.1) is 20.8 Å². The minimum Gasteiger partial charge on any atom is -0.321 e. The van der Waals surface area contributed by atoms with Gasteiger partial charge in [-0.1, -0.05) is 29.3 Å². The van der Waals surface area contributed by atoms with Crippen LogP contribution in [0.15, 0.2) is 30.5 Å². The highest BCUT2D eigenvalue weighted by Gasteiger charge is 2.10. The fourth-order valence-corrected chi connectivity index (χ4v) is 2.00. The first kappa shape index (κ1) is 13.6. The van der Waals surface area contributed by atoms with Crippen LogP contribution in [-0.4, -0.2) is 10.9 Å². The number of hydrogen-bond acceptors (Lipinski definition) is 2. The van der Waals surface area contributed by atoms with Gasteiger partial charge >= 0.3 is 0 Å². The number of aryl methyl sites for hydroxylation is 3. The third-order valence-electron chi connectivity index (χ3n) is 2.90. The molecule has 0 unspecified atom stereocenters. The number of anilines is 1. The zero-order chi connectivity index (χ0) is 14.0. The molecule has 0 aliphatic heterocycles. The molecule has 3 nitrogen and oxygen atoms in total. The van der Waals surface area contributed by atoms with Crippen molar-refractivity contribution in [3.63, 3.8) is 0 Å². The summed E-state index contributed by atoms with van der Waals surface area (Å²) in [6.45, 7) is 5.77. The van der Waals surface area contributed by atoms with E-state index in [1.165, 1.54) is 0 Å². The van der Waals surface area contributed by atoms with Gasteiger partial charge in [0.2, 0.25) is 0 Å². The van der Waals surface area contributed by atoms with E-state index >= 15 is 0 Å². The van der Waals surface area contributed by atoms with Crippen molar-refractivity contribution in [2.45, 2.75) is 20.8 Å². The maximum absolute atomic E-state index is 12.2. The number of carbonyl (C=O) groups excluding carboxylic acids is 1. The van der Waals surface area contributed by atoms with Crippen molar-refractivity contribution in [3.8, 4) is 0 Å². The number of rotatable bonds is 2. The third-order valence-corrected chi connectivity index (χ3v) is 3.29.